The monoisotopic (exact) mass is 430 g/mol. The quantitative estimate of drug-likeness (QED) is 0.735. The van der Waals surface area contributed by atoms with E-state index in [9.17, 15) is 13.2 Å². The molecule has 0 amide bonds. The zero-order valence-corrected chi connectivity index (χ0v) is 17.4. The lowest BCUT2D eigenvalue weighted by Crippen LogP contribution is -2.44. The van der Waals surface area contributed by atoms with Gasteiger partial charge in [0.2, 0.25) is 10.0 Å². The molecule has 1 aliphatic heterocycles. The van der Waals surface area contributed by atoms with E-state index in [0.29, 0.717) is 5.56 Å². The number of carboxylic acids is 1. The fourth-order valence-corrected chi connectivity index (χ4v) is 5.83. The Kier molecular flexibility index (Phi) is 7.41. The lowest BCUT2D eigenvalue weighted by Gasteiger charge is -2.32. The molecular weight excluding hydrogens is 408 g/mol. The second kappa shape index (κ2) is 9.16. The number of hydrogen-bond acceptors (Lipinski definition) is 5. The van der Waals surface area contributed by atoms with Gasteiger partial charge in [0.15, 0.2) is 0 Å². The smallest absolute Gasteiger partial charge is 0.346 e. The number of rotatable bonds is 6. The average Bonchev–Trinajstić information content (AvgIpc) is 3.00. The van der Waals surface area contributed by atoms with Crippen molar-refractivity contribution in [3.63, 3.8) is 0 Å². The number of aromatic carboxylic acids is 1. The van der Waals surface area contributed by atoms with Gasteiger partial charge in [-0.05, 0) is 37.0 Å². The van der Waals surface area contributed by atoms with Gasteiger partial charge in [-0.3, -0.25) is 4.90 Å². The van der Waals surface area contributed by atoms with Crippen LogP contribution in [-0.4, -0.2) is 43.5 Å². The molecule has 0 saturated carbocycles. The topological polar surface area (TPSA) is 86.7 Å². The van der Waals surface area contributed by atoms with Crippen molar-refractivity contribution in [3.8, 4) is 0 Å². The van der Waals surface area contributed by atoms with Crippen LogP contribution in [0.5, 0.6) is 0 Å². The second-order valence-corrected chi connectivity index (χ2v) is 9.53. The van der Waals surface area contributed by atoms with E-state index in [2.05, 4.69) is 21.8 Å². The minimum absolute atomic E-state index is 0. The Balaban J connectivity index is 0.00000261. The van der Waals surface area contributed by atoms with Gasteiger partial charge in [0.1, 0.15) is 9.09 Å². The number of piperidine rings is 1. The molecule has 1 aromatic carbocycles. The summed E-state index contributed by atoms with van der Waals surface area (Å²) in [7, 11) is -3.68. The molecule has 1 fully saturated rings. The third-order valence-corrected chi connectivity index (χ3v) is 7.73. The van der Waals surface area contributed by atoms with Crippen LogP contribution in [0.25, 0.3) is 0 Å². The highest BCUT2D eigenvalue weighted by atomic mass is 35.5. The van der Waals surface area contributed by atoms with Crippen molar-refractivity contribution in [3.05, 3.63) is 52.4 Å². The van der Waals surface area contributed by atoms with Gasteiger partial charge in [0.05, 0.1) is 0 Å². The summed E-state index contributed by atoms with van der Waals surface area (Å²) in [5, 5.41) is 9.11. The van der Waals surface area contributed by atoms with Crippen molar-refractivity contribution >= 4 is 39.7 Å². The van der Waals surface area contributed by atoms with Gasteiger partial charge >= 0.3 is 5.97 Å². The molecule has 0 radical (unpaired) electrons. The molecule has 2 aromatic rings. The fourth-order valence-electron chi connectivity index (χ4n) is 3.13. The molecule has 0 bridgehead atoms. The first kappa shape index (κ1) is 21.8. The van der Waals surface area contributed by atoms with Crippen LogP contribution < -0.4 is 4.72 Å². The highest BCUT2D eigenvalue weighted by Crippen LogP contribution is 2.27. The van der Waals surface area contributed by atoms with Crippen molar-refractivity contribution < 1.29 is 18.3 Å². The molecule has 6 nitrogen and oxygen atoms in total. The molecule has 27 heavy (non-hydrogen) atoms. The number of benzene rings is 1. The van der Waals surface area contributed by atoms with Gasteiger partial charge in [0.25, 0.3) is 0 Å². The average molecular weight is 431 g/mol. The number of likely N-dealkylation sites (tertiary alicyclic amines) is 1. The largest absolute Gasteiger partial charge is 0.477 e. The number of sulfonamides is 1. The lowest BCUT2D eigenvalue weighted by molar-refractivity contribution is 0.0701. The van der Waals surface area contributed by atoms with E-state index in [0.717, 1.165) is 43.8 Å². The molecule has 0 atom stereocenters. The van der Waals surface area contributed by atoms with E-state index in [1.807, 2.05) is 18.2 Å². The Hall–Kier alpha value is -1.45. The number of carboxylic acid groups (broad SMARTS) is 1. The van der Waals surface area contributed by atoms with Crippen LogP contribution in [0, 0.1) is 6.92 Å². The summed E-state index contributed by atoms with van der Waals surface area (Å²) < 4.78 is 27.9. The summed E-state index contributed by atoms with van der Waals surface area (Å²) in [6, 6.07) is 11.5. The predicted molar refractivity (Wildman–Crippen MR) is 108 cm³/mol. The zero-order valence-electron chi connectivity index (χ0n) is 14.9. The lowest BCUT2D eigenvalue weighted by atomic mass is 10.1. The van der Waals surface area contributed by atoms with E-state index in [1.54, 1.807) is 6.92 Å². The van der Waals surface area contributed by atoms with E-state index >= 15 is 0 Å². The molecule has 0 spiro atoms. The Morgan fingerprint density at radius 2 is 1.89 bits per heavy atom. The van der Waals surface area contributed by atoms with Crippen LogP contribution in [0.4, 0.5) is 0 Å². The first-order valence-corrected chi connectivity index (χ1v) is 10.8. The standard InChI is InChI=1S/C18H22N2O4S2.ClH/c1-13-11-16(25-17(13)18(21)22)26(23,24)19-15-7-9-20(10-8-15)12-14-5-3-2-4-6-14;/h2-6,11,15,19H,7-10,12H2,1H3,(H,21,22);1H. The molecule has 2 N–H and O–H groups in total. The maximum Gasteiger partial charge on any atom is 0.346 e. The molecule has 1 aromatic heterocycles. The first-order valence-electron chi connectivity index (χ1n) is 8.47. The molecule has 1 saturated heterocycles. The summed E-state index contributed by atoms with van der Waals surface area (Å²) in [5.74, 6) is -1.09. The van der Waals surface area contributed by atoms with E-state index in [-0.39, 0.29) is 27.5 Å². The normalized spacial score (nSPS) is 16.0. The summed E-state index contributed by atoms with van der Waals surface area (Å²) in [5.41, 5.74) is 1.72. The van der Waals surface area contributed by atoms with Crippen LogP contribution in [-0.2, 0) is 16.6 Å². The van der Waals surface area contributed by atoms with Crippen LogP contribution in [0.3, 0.4) is 0 Å². The maximum atomic E-state index is 12.6. The van der Waals surface area contributed by atoms with Gasteiger partial charge in [-0.1, -0.05) is 30.3 Å². The van der Waals surface area contributed by atoms with Crippen molar-refractivity contribution in [2.75, 3.05) is 13.1 Å². The summed E-state index contributed by atoms with van der Waals surface area (Å²) in [4.78, 5) is 13.5. The zero-order chi connectivity index (χ0) is 18.7. The minimum Gasteiger partial charge on any atom is -0.477 e. The molecule has 1 aliphatic rings. The second-order valence-electron chi connectivity index (χ2n) is 6.54. The Morgan fingerprint density at radius 1 is 1.26 bits per heavy atom. The number of nitrogens with zero attached hydrogens (tertiary/aromatic N) is 1. The number of hydrogen-bond donors (Lipinski definition) is 2. The van der Waals surface area contributed by atoms with Crippen molar-refractivity contribution in [2.45, 2.75) is 36.6 Å². The van der Waals surface area contributed by atoms with Crippen molar-refractivity contribution in [1.29, 1.82) is 0 Å². The number of nitrogens with one attached hydrogen (secondary N) is 1. The Bertz CT molecular complexity index is 876. The molecule has 148 valence electrons. The minimum atomic E-state index is -3.68. The van der Waals surface area contributed by atoms with Crippen molar-refractivity contribution in [2.24, 2.45) is 0 Å². The van der Waals surface area contributed by atoms with E-state index < -0.39 is 16.0 Å². The van der Waals surface area contributed by atoms with Crippen LogP contribution in [0.15, 0.2) is 40.6 Å². The van der Waals surface area contributed by atoms with Gasteiger partial charge in [0, 0.05) is 25.7 Å². The fraction of sp³-hybridized carbons (Fsp3) is 0.389. The van der Waals surface area contributed by atoms with Gasteiger partial charge in [-0.25, -0.2) is 17.9 Å². The number of carbonyl (C=O) groups is 1. The van der Waals surface area contributed by atoms with Crippen molar-refractivity contribution in [1.82, 2.24) is 9.62 Å². The Labute approximate surface area is 169 Å². The van der Waals surface area contributed by atoms with Gasteiger partial charge < -0.3 is 5.11 Å². The summed E-state index contributed by atoms with van der Waals surface area (Å²) in [6.07, 6.45) is 1.48. The van der Waals surface area contributed by atoms with Gasteiger partial charge in [-0.2, -0.15) is 0 Å². The number of halogens is 1. The molecule has 0 aliphatic carbocycles. The van der Waals surface area contributed by atoms with Gasteiger partial charge in [-0.15, -0.1) is 23.7 Å². The molecular formula is C18H23ClN2O4S2. The molecule has 0 unspecified atom stereocenters. The highest BCUT2D eigenvalue weighted by molar-refractivity contribution is 7.91. The third kappa shape index (κ3) is 5.52. The maximum absolute atomic E-state index is 12.6. The van der Waals surface area contributed by atoms with Crippen LogP contribution >= 0.6 is 23.7 Å². The summed E-state index contributed by atoms with van der Waals surface area (Å²) in [6.45, 7) is 4.13. The Morgan fingerprint density at radius 3 is 2.44 bits per heavy atom. The van der Waals surface area contributed by atoms with E-state index in [1.165, 1.54) is 11.6 Å². The number of thiophene rings is 1. The summed E-state index contributed by atoms with van der Waals surface area (Å²) >= 11 is 0.805. The van der Waals surface area contributed by atoms with Crippen LogP contribution in [0.1, 0.15) is 33.6 Å². The van der Waals surface area contributed by atoms with Crippen LogP contribution in [0.2, 0.25) is 0 Å². The molecule has 3 rings (SSSR count). The highest BCUT2D eigenvalue weighted by Gasteiger charge is 2.27. The van der Waals surface area contributed by atoms with E-state index in [4.69, 9.17) is 5.11 Å². The first-order chi connectivity index (χ1) is 12.3. The molecule has 9 heteroatoms. The molecule has 2 heterocycles. The predicted octanol–water partition coefficient (Wildman–Crippen LogP) is 3.12. The number of aryl methyl sites for hydroxylation is 1. The SMILES string of the molecule is Cc1cc(S(=O)(=O)NC2CCN(Cc3ccccc3)CC2)sc1C(=O)O.Cl. The third-order valence-electron chi connectivity index (χ3n) is 4.51.